The molecule has 1 heterocycles. The van der Waals surface area contributed by atoms with Crippen LogP contribution in [-0.2, 0) is 0 Å². The summed E-state index contributed by atoms with van der Waals surface area (Å²) in [5.74, 6) is 0.278. The monoisotopic (exact) mass is 355 g/mol. The van der Waals surface area contributed by atoms with E-state index in [0.29, 0.717) is 18.5 Å². The first-order chi connectivity index (χ1) is 11.8. The molecule has 6 nitrogen and oxygen atoms in total. The molecule has 0 radical (unpaired) electrons. The van der Waals surface area contributed by atoms with E-state index in [-0.39, 0.29) is 17.7 Å². The Labute approximate surface area is 143 Å². The molecule has 0 unspecified atom stereocenters. The minimum atomic E-state index is -4.43. The van der Waals surface area contributed by atoms with Gasteiger partial charge >= 0.3 is 6.18 Å². The van der Waals surface area contributed by atoms with Gasteiger partial charge in [0, 0.05) is 0 Å². The summed E-state index contributed by atoms with van der Waals surface area (Å²) in [6.07, 6.45) is -0.138. The highest BCUT2D eigenvalue weighted by Crippen LogP contribution is 2.42. The van der Waals surface area contributed by atoms with E-state index < -0.39 is 18.4 Å². The number of alkyl halides is 3. The van der Waals surface area contributed by atoms with E-state index in [2.05, 4.69) is 9.98 Å². The molecule has 25 heavy (non-hydrogen) atoms. The van der Waals surface area contributed by atoms with Crippen molar-refractivity contribution in [2.24, 2.45) is 21.5 Å². The molecule has 0 saturated heterocycles. The Morgan fingerprint density at radius 1 is 1.12 bits per heavy atom. The molecule has 1 spiro atoms. The SMILES string of the molecule is NC1=NC2(CCCCC2)N(c2ccccc2OCC(F)(F)F)C(N)=N1. The lowest BCUT2D eigenvalue weighted by Crippen LogP contribution is -2.58. The summed E-state index contributed by atoms with van der Waals surface area (Å²) in [7, 11) is 0. The average Bonchev–Trinajstić information content (AvgIpc) is 2.53. The molecule has 4 N–H and O–H groups in total. The van der Waals surface area contributed by atoms with E-state index in [1.54, 1.807) is 23.1 Å². The van der Waals surface area contributed by atoms with Crippen LogP contribution in [0.1, 0.15) is 32.1 Å². The first-order valence-corrected chi connectivity index (χ1v) is 8.09. The third-order valence-corrected chi connectivity index (χ3v) is 4.35. The fourth-order valence-electron chi connectivity index (χ4n) is 3.39. The predicted molar refractivity (Wildman–Crippen MR) is 89.5 cm³/mol. The number of hydrogen-bond acceptors (Lipinski definition) is 6. The lowest BCUT2D eigenvalue weighted by atomic mass is 9.87. The number of para-hydroxylation sites is 2. The third-order valence-electron chi connectivity index (χ3n) is 4.35. The predicted octanol–water partition coefficient (Wildman–Crippen LogP) is 2.74. The van der Waals surface area contributed by atoms with Crippen molar-refractivity contribution in [2.75, 3.05) is 11.5 Å². The fourth-order valence-corrected chi connectivity index (χ4v) is 3.39. The van der Waals surface area contributed by atoms with Crippen LogP contribution in [0.2, 0.25) is 0 Å². The quantitative estimate of drug-likeness (QED) is 0.872. The number of nitrogens with zero attached hydrogens (tertiary/aromatic N) is 3. The Kier molecular flexibility index (Phi) is 4.49. The van der Waals surface area contributed by atoms with Gasteiger partial charge in [-0.25, -0.2) is 4.99 Å². The Bertz CT molecular complexity index is 695. The Morgan fingerprint density at radius 3 is 2.48 bits per heavy atom. The van der Waals surface area contributed by atoms with Gasteiger partial charge in [-0.1, -0.05) is 18.6 Å². The van der Waals surface area contributed by atoms with E-state index in [1.165, 1.54) is 6.07 Å². The summed E-state index contributed by atoms with van der Waals surface area (Å²) in [6.45, 7) is -1.38. The Balaban J connectivity index is 2.00. The van der Waals surface area contributed by atoms with Gasteiger partial charge in [0.1, 0.15) is 11.4 Å². The van der Waals surface area contributed by atoms with Crippen LogP contribution in [0.5, 0.6) is 5.75 Å². The number of guanidine groups is 2. The van der Waals surface area contributed by atoms with Crippen molar-refractivity contribution in [3.8, 4) is 5.75 Å². The molecule has 3 rings (SSSR count). The first kappa shape index (κ1) is 17.4. The van der Waals surface area contributed by atoms with E-state index in [9.17, 15) is 13.2 Å². The summed E-state index contributed by atoms with van der Waals surface area (Å²) in [6, 6.07) is 6.45. The van der Waals surface area contributed by atoms with Crippen LogP contribution in [0.3, 0.4) is 0 Å². The van der Waals surface area contributed by atoms with Crippen LogP contribution in [0.4, 0.5) is 18.9 Å². The Morgan fingerprint density at radius 2 is 1.80 bits per heavy atom. The highest BCUT2D eigenvalue weighted by molar-refractivity contribution is 6.06. The summed E-state index contributed by atoms with van der Waals surface area (Å²) in [5, 5.41) is 0. The number of anilines is 1. The number of ether oxygens (including phenoxy) is 1. The molecule has 1 aliphatic heterocycles. The van der Waals surface area contributed by atoms with Gasteiger partial charge in [-0.15, -0.1) is 0 Å². The van der Waals surface area contributed by atoms with E-state index in [4.69, 9.17) is 16.2 Å². The van der Waals surface area contributed by atoms with Crippen molar-refractivity contribution in [1.29, 1.82) is 0 Å². The lowest BCUT2D eigenvalue weighted by Gasteiger charge is -2.45. The second-order valence-corrected chi connectivity index (χ2v) is 6.19. The van der Waals surface area contributed by atoms with Crippen LogP contribution in [-0.4, -0.2) is 30.4 Å². The molecule has 0 bridgehead atoms. The van der Waals surface area contributed by atoms with Gasteiger partial charge in [0.15, 0.2) is 6.61 Å². The zero-order chi connectivity index (χ0) is 18.1. The van der Waals surface area contributed by atoms with Gasteiger partial charge in [-0.2, -0.15) is 18.2 Å². The molecular weight excluding hydrogens is 335 g/mol. The fraction of sp³-hybridized carbons (Fsp3) is 0.500. The standard InChI is InChI=1S/C16H20F3N5O/c17-16(18,19)10-25-12-7-3-2-6-11(12)24-14(21)22-13(20)23-15(24)8-4-1-5-9-15/h2-3,6-7H,1,4-5,8-10H2,(H4,20,21,22,23). The highest BCUT2D eigenvalue weighted by Gasteiger charge is 2.43. The molecule has 1 aromatic rings. The van der Waals surface area contributed by atoms with E-state index >= 15 is 0 Å². The van der Waals surface area contributed by atoms with Gasteiger partial charge in [-0.05, 0) is 37.8 Å². The van der Waals surface area contributed by atoms with Gasteiger partial charge in [0.05, 0.1) is 5.69 Å². The molecule has 1 saturated carbocycles. The number of hydrogen-bond donors (Lipinski definition) is 2. The third kappa shape index (κ3) is 3.64. The lowest BCUT2D eigenvalue weighted by molar-refractivity contribution is -0.153. The topological polar surface area (TPSA) is 89.2 Å². The molecule has 1 aromatic carbocycles. The number of aliphatic imine (C=N–C) groups is 2. The molecule has 0 aromatic heterocycles. The van der Waals surface area contributed by atoms with Crippen molar-refractivity contribution in [2.45, 2.75) is 43.9 Å². The van der Waals surface area contributed by atoms with E-state index in [0.717, 1.165) is 19.3 Å². The first-order valence-electron chi connectivity index (χ1n) is 8.09. The summed E-state index contributed by atoms with van der Waals surface area (Å²) >= 11 is 0. The van der Waals surface area contributed by atoms with Crippen molar-refractivity contribution in [3.05, 3.63) is 24.3 Å². The second kappa shape index (κ2) is 6.45. The minimum absolute atomic E-state index is 0.0820. The average molecular weight is 355 g/mol. The smallest absolute Gasteiger partial charge is 0.422 e. The number of benzene rings is 1. The molecular formula is C16H20F3N5O. The maximum Gasteiger partial charge on any atom is 0.422 e. The van der Waals surface area contributed by atoms with Crippen LogP contribution in [0, 0.1) is 0 Å². The highest BCUT2D eigenvalue weighted by atomic mass is 19.4. The number of rotatable bonds is 3. The zero-order valence-electron chi connectivity index (χ0n) is 13.6. The summed E-state index contributed by atoms with van der Waals surface area (Å²) < 4.78 is 42.7. The normalized spacial score (nSPS) is 20.2. The molecule has 136 valence electrons. The number of nitrogens with two attached hydrogens (primary N) is 2. The largest absolute Gasteiger partial charge is 0.482 e. The molecule has 1 fully saturated rings. The van der Waals surface area contributed by atoms with Crippen LogP contribution in [0.15, 0.2) is 34.3 Å². The van der Waals surface area contributed by atoms with Crippen LogP contribution < -0.4 is 21.1 Å². The van der Waals surface area contributed by atoms with Gasteiger partial charge in [0.25, 0.3) is 0 Å². The molecule has 9 heteroatoms. The molecule has 2 aliphatic rings. The van der Waals surface area contributed by atoms with Crippen LogP contribution >= 0.6 is 0 Å². The molecule has 0 amide bonds. The zero-order valence-corrected chi connectivity index (χ0v) is 13.6. The second-order valence-electron chi connectivity index (χ2n) is 6.19. The van der Waals surface area contributed by atoms with Crippen molar-refractivity contribution < 1.29 is 17.9 Å². The minimum Gasteiger partial charge on any atom is -0.482 e. The molecule has 1 aliphatic carbocycles. The molecule has 0 atom stereocenters. The van der Waals surface area contributed by atoms with Crippen molar-refractivity contribution in [1.82, 2.24) is 0 Å². The number of halogens is 3. The van der Waals surface area contributed by atoms with Crippen molar-refractivity contribution >= 4 is 17.6 Å². The van der Waals surface area contributed by atoms with Gasteiger partial charge < -0.3 is 16.2 Å². The Hall–Kier alpha value is -2.45. The maximum atomic E-state index is 12.6. The van der Waals surface area contributed by atoms with Crippen LogP contribution in [0.25, 0.3) is 0 Å². The van der Waals surface area contributed by atoms with Gasteiger partial charge in [-0.3, -0.25) is 4.90 Å². The maximum absolute atomic E-state index is 12.6. The van der Waals surface area contributed by atoms with Crippen molar-refractivity contribution in [3.63, 3.8) is 0 Å². The summed E-state index contributed by atoms with van der Waals surface area (Å²) in [4.78, 5) is 10.2. The summed E-state index contributed by atoms with van der Waals surface area (Å²) in [5.41, 5.74) is 11.6. The van der Waals surface area contributed by atoms with Gasteiger partial charge in [0.2, 0.25) is 11.9 Å². The van der Waals surface area contributed by atoms with E-state index in [1.807, 2.05) is 0 Å².